The van der Waals surface area contributed by atoms with Crippen molar-refractivity contribution in [1.29, 1.82) is 0 Å². The van der Waals surface area contributed by atoms with Gasteiger partial charge >= 0.3 is 0 Å². The topological polar surface area (TPSA) is 43.8 Å². The molecule has 3 fully saturated rings. The molecule has 19 heavy (non-hydrogen) atoms. The Bertz CT molecular complexity index is 347. The molecule has 4 unspecified atom stereocenters. The van der Waals surface area contributed by atoms with Crippen LogP contribution in [0.5, 0.6) is 0 Å². The molecule has 0 radical (unpaired) electrons. The number of fused-ring (bicyclic) bond motifs is 2. The Morgan fingerprint density at radius 1 is 1.32 bits per heavy atom. The predicted molar refractivity (Wildman–Crippen MR) is 72.8 cm³/mol. The van der Waals surface area contributed by atoms with Crippen molar-refractivity contribution in [2.24, 2.45) is 11.8 Å². The SMILES string of the molecule is CCCC1C2C(CCCN2O)CN2C(=O)CCCC12. The molecular weight excluding hydrogens is 240 g/mol. The Balaban J connectivity index is 1.86. The van der Waals surface area contributed by atoms with Crippen molar-refractivity contribution in [3.05, 3.63) is 0 Å². The number of carbonyl (C=O) groups excluding carboxylic acids is 1. The van der Waals surface area contributed by atoms with Gasteiger partial charge in [-0.25, -0.2) is 0 Å². The summed E-state index contributed by atoms with van der Waals surface area (Å²) in [6.45, 7) is 3.90. The van der Waals surface area contributed by atoms with Gasteiger partial charge in [-0.1, -0.05) is 13.3 Å². The van der Waals surface area contributed by atoms with E-state index >= 15 is 0 Å². The molecule has 3 rings (SSSR count). The summed E-state index contributed by atoms with van der Waals surface area (Å²) >= 11 is 0. The number of hydrogen-bond acceptors (Lipinski definition) is 3. The van der Waals surface area contributed by atoms with E-state index in [1.54, 1.807) is 5.06 Å². The standard InChI is InChI=1S/C15H26N2O2/c1-2-5-12-13-7-3-8-14(18)16(13)10-11-6-4-9-17(19)15(11)12/h11-13,15,19H,2-10H2,1H3. The molecule has 0 aromatic rings. The van der Waals surface area contributed by atoms with Crippen LogP contribution in [0.25, 0.3) is 0 Å². The van der Waals surface area contributed by atoms with E-state index in [-0.39, 0.29) is 0 Å². The quantitative estimate of drug-likeness (QED) is 0.834. The molecule has 0 aliphatic carbocycles. The maximum Gasteiger partial charge on any atom is 0.222 e. The summed E-state index contributed by atoms with van der Waals surface area (Å²) in [7, 11) is 0. The van der Waals surface area contributed by atoms with E-state index in [2.05, 4.69) is 11.8 Å². The van der Waals surface area contributed by atoms with Crippen LogP contribution >= 0.6 is 0 Å². The lowest BCUT2D eigenvalue weighted by molar-refractivity contribution is -0.204. The van der Waals surface area contributed by atoms with Crippen molar-refractivity contribution in [2.75, 3.05) is 13.1 Å². The summed E-state index contributed by atoms with van der Waals surface area (Å²) in [6.07, 6.45) is 7.39. The molecule has 0 saturated carbocycles. The fraction of sp³-hybridized carbons (Fsp3) is 0.933. The zero-order valence-corrected chi connectivity index (χ0v) is 11.9. The van der Waals surface area contributed by atoms with Crippen molar-refractivity contribution in [3.8, 4) is 0 Å². The van der Waals surface area contributed by atoms with Gasteiger partial charge in [0.2, 0.25) is 5.91 Å². The van der Waals surface area contributed by atoms with Crippen LogP contribution in [-0.2, 0) is 4.79 Å². The molecule has 108 valence electrons. The smallest absolute Gasteiger partial charge is 0.222 e. The Morgan fingerprint density at radius 2 is 2.16 bits per heavy atom. The Kier molecular flexibility index (Phi) is 3.81. The Hall–Kier alpha value is -0.610. The number of piperidine rings is 3. The van der Waals surface area contributed by atoms with Gasteiger partial charge in [0.05, 0.1) is 0 Å². The number of hydroxylamine groups is 2. The van der Waals surface area contributed by atoms with Gasteiger partial charge in [-0.3, -0.25) is 4.79 Å². The van der Waals surface area contributed by atoms with Crippen LogP contribution in [0.1, 0.15) is 51.9 Å². The summed E-state index contributed by atoms with van der Waals surface area (Å²) in [5.41, 5.74) is 0. The molecule has 4 atom stereocenters. The van der Waals surface area contributed by atoms with Crippen LogP contribution in [0.3, 0.4) is 0 Å². The second-order valence-electron chi connectivity index (χ2n) is 6.51. The number of nitrogens with zero attached hydrogens (tertiary/aromatic N) is 2. The van der Waals surface area contributed by atoms with Crippen molar-refractivity contribution in [3.63, 3.8) is 0 Å². The number of hydrogen-bond donors (Lipinski definition) is 1. The first-order chi connectivity index (χ1) is 9.22. The highest BCUT2D eigenvalue weighted by Crippen LogP contribution is 2.41. The summed E-state index contributed by atoms with van der Waals surface area (Å²) in [4.78, 5) is 14.3. The van der Waals surface area contributed by atoms with Gasteiger partial charge in [-0.05, 0) is 43.9 Å². The lowest BCUT2D eigenvalue weighted by Gasteiger charge is -2.54. The van der Waals surface area contributed by atoms with Crippen molar-refractivity contribution in [1.82, 2.24) is 9.96 Å². The fourth-order valence-electron chi connectivity index (χ4n) is 4.65. The van der Waals surface area contributed by atoms with Gasteiger partial charge in [0.1, 0.15) is 0 Å². The first-order valence-corrected chi connectivity index (χ1v) is 7.97. The third-order valence-corrected chi connectivity index (χ3v) is 5.39. The van der Waals surface area contributed by atoms with Crippen molar-refractivity contribution in [2.45, 2.75) is 64.0 Å². The first kappa shape index (κ1) is 13.4. The molecule has 3 aliphatic heterocycles. The third-order valence-electron chi connectivity index (χ3n) is 5.39. The lowest BCUT2D eigenvalue weighted by Crippen LogP contribution is -2.64. The molecule has 4 heteroatoms. The molecule has 1 N–H and O–H groups in total. The monoisotopic (exact) mass is 266 g/mol. The molecule has 0 bridgehead atoms. The predicted octanol–water partition coefficient (Wildman–Crippen LogP) is 2.27. The van der Waals surface area contributed by atoms with Crippen LogP contribution in [0.4, 0.5) is 0 Å². The number of rotatable bonds is 2. The average Bonchev–Trinajstić information content (AvgIpc) is 2.40. The van der Waals surface area contributed by atoms with Crippen LogP contribution in [0.2, 0.25) is 0 Å². The van der Waals surface area contributed by atoms with E-state index in [4.69, 9.17) is 0 Å². The van der Waals surface area contributed by atoms with Gasteiger partial charge in [0.15, 0.2) is 0 Å². The summed E-state index contributed by atoms with van der Waals surface area (Å²) in [5.74, 6) is 1.30. The van der Waals surface area contributed by atoms with Gasteiger partial charge < -0.3 is 10.1 Å². The minimum atomic E-state index is 0.292. The van der Waals surface area contributed by atoms with E-state index in [1.165, 1.54) is 6.42 Å². The molecule has 0 aromatic carbocycles. The highest BCUT2D eigenvalue weighted by molar-refractivity contribution is 5.77. The number of carbonyl (C=O) groups is 1. The second kappa shape index (κ2) is 5.41. The van der Waals surface area contributed by atoms with E-state index in [9.17, 15) is 10.0 Å². The van der Waals surface area contributed by atoms with E-state index in [0.29, 0.717) is 29.8 Å². The molecule has 3 heterocycles. The minimum absolute atomic E-state index is 0.292. The Labute approximate surface area is 115 Å². The van der Waals surface area contributed by atoms with Crippen LogP contribution in [-0.4, -0.2) is 46.3 Å². The van der Waals surface area contributed by atoms with Gasteiger partial charge in [-0.15, -0.1) is 0 Å². The highest BCUT2D eigenvalue weighted by Gasteiger charge is 2.48. The fourth-order valence-corrected chi connectivity index (χ4v) is 4.65. The zero-order chi connectivity index (χ0) is 13.4. The maximum absolute atomic E-state index is 12.2. The Morgan fingerprint density at radius 3 is 2.95 bits per heavy atom. The third kappa shape index (κ3) is 2.29. The van der Waals surface area contributed by atoms with E-state index in [0.717, 1.165) is 51.6 Å². The molecular formula is C15H26N2O2. The minimum Gasteiger partial charge on any atom is -0.339 e. The molecule has 3 saturated heterocycles. The zero-order valence-electron chi connectivity index (χ0n) is 11.9. The van der Waals surface area contributed by atoms with Crippen molar-refractivity contribution < 1.29 is 10.0 Å². The molecule has 3 aliphatic rings. The molecule has 0 spiro atoms. The normalized spacial score (nSPS) is 39.9. The van der Waals surface area contributed by atoms with E-state index < -0.39 is 0 Å². The van der Waals surface area contributed by atoms with Crippen LogP contribution < -0.4 is 0 Å². The summed E-state index contributed by atoms with van der Waals surface area (Å²) in [5, 5.41) is 11.9. The average molecular weight is 266 g/mol. The van der Waals surface area contributed by atoms with Crippen LogP contribution in [0.15, 0.2) is 0 Å². The number of amides is 1. The molecule has 0 aromatic heterocycles. The maximum atomic E-state index is 12.2. The molecule has 4 nitrogen and oxygen atoms in total. The van der Waals surface area contributed by atoms with Gasteiger partial charge in [-0.2, -0.15) is 5.06 Å². The first-order valence-electron chi connectivity index (χ1n) is 7.97. The van der Waals surface area contributed by atoms with Gasteiger partial charge in [0, 0.05) is 31.6 Å². The highest BCUT2D eigenvalue weighted by atomic mass is 16.5. The lowest BCUT2D eigenvalue weighted by atomic mass is 9.70. The largest absolute Gasteiger partial charge is 0.339 e. The molecule has 1 amide bonds. The summed E-state index contributed by atoms with van der Waals surface area (Å²) < 4.78 is 0. The summed E-state index contributed by atoms with van der Waals surface area (Å²) in [6, 6.07) is 0.677. The van der Waals surface area contributed by atoms with Gasteiger partial charge in [0.25, 0.3) is 0 Å². The van der Waals surface area contributed by atoms with Crippen molar-refractivity contribution >= 4 is 5.91 Å². The van der Waals surface area contributed by atoms with Crippen LogP contribution in [0, 0.1) is 11.8 Å². The second-order valence-corrected chi connectivity index (χ2v) is 6.51. The van der Waals surface area contributed by atoms with E-state index in [1.807, 2.05) is 0 Å².